The first-order valence-corrected chi connectivity index (χ1v) is 5.23. The molecule has 0 saturated heterocycles. The summed E-state index contributed by atoms with van der Waals surface area (Å²) >= 11 is 0. The third-order valence-corrected chi connectivity index (χ3v) is 2.35. The van der Waals surface area contributed by atoms with Gasteiger partial charge in [0.2, 0.25) is 0 Å². The minimum absolute atomic E-state index is 0.681. The van der Waals surface area contributed by atoms with Crippen molar-refractivity contribution in [1.29, 1.82) is 5.26 Å². The highest BCUT2D eigenvalue weighted by Crippen LogP contribution is 2.10. The quantitative estimate of drug-likeness (QED) is 0.744. The summed E-state index contributed by atoms with van der Waals surface area (Å²) in [7, 11) is 0. The maximum atomic E-state index is 8.72. The van der Waals surface area contributed by atoms with Gasteiger partial charge < -0.3 is 5.73 Å². The molecule has 4 nitrogen and oxygen atoms in total. The van der Waals surface area contributed by atoms with Gasteiger partial charge in [-0.1, -0.05) is 0 Å². The molecule has 0 amide bonds. The zero-order chi connectivity index (χ0) is 11.3. The molecule has 0 aliphatic carbocycles. The summed E-state index contributed by atoms with van der Waals surface area (Å²) < 4.78 is 1.93. The fraction of sp³-hybridized carbons (Fsp3) is 0.636. The summed E-state index contributed by atoms with van der Waals surface area (Å²) in [6.07, 6.45) is 6.58. The van der Waals surface area contributed by atoms with Crippen LogP contribution in [0, 0.1) is 18.3 Å². The van der Waals surface area contributed by atoms with Crippen molar-refractivity contribution in [2.45, 2.75) is 45.2 Å². The minimum atomic E-state index is -0.681. The summed E-state index contributed by atoms with van der Waals surface area (Å²) in [6, 6.07) is 2.10. The smallest absolute Gasteiger partial charge is 0.101 e. The van der Waals surface area contributed by atoms with Gasteiger partial charge in [-0.2, -0.15) is 10.4 Å². The molecule has 1 heterocycles. The standard InChI is InChI=1S/C11H18N4/c1-10-7-14-15(8-10)6-4-3-5-11(2,13)9-12/h7-8H,3-6,13H2,1-2H3. The molecule has 0 fully saturated rings. The molecule has 0 aromatic carbocycles. The van der Waals surface area contributed by atoms with E-state index in [4.69, 9.17) is 11.0 Å². The zero-order valence-electron chi connectivity index (χ0n) is 9.40. The van der Waals surface area contributed by atoms with Gasteiger partial charge in [0.25, 0.3) is 0 Å². The first-order chi connectivity index (χ1) is 7.03. The van der Waals surface area contributed by atoms with Gasteiger partial charge >= 0.3 is 0 Å². The van der Waals surface area contributed by atoms with E-state index in [1.807, 2.05) is 24.0 Å². The van der Waals surface area contributed by atoms with E-state index in [2.05, 4.69) is 11.2 Å². The Morgan fingerprint density at radius 3 is 2.87 bits per heavy atom. The van der Waals surface area contributed by atoms with Crippen LogP contribution in [-0.4, -0.2) is 15.3 Å². The minimum Gasteiger partial charge on any atom is -0.314 e. The van der Waals surface area contributed by atoms with Crippen LogP contribution in [0.25, 0.3) is 0 Å². The Morgan fingerprint density at radius 2 is 2.33 bits per heavy atom. The molecule has 0 aliphatic rings. The molecule has 1 aromatic heterocycles. The summed E-state index contributed by atoms with van der Waals surface area (Å²) in [4.78, 5) is 0. The van der Waals surface area contributed by atoms with Crippen LogP contribution in [0.2, 0.25) is 0 Å². The molecule has 0 bridgehead atoms. The number of aromatic nitrogens is 2. The van der Waals surface area contributed by atoms with Crippen molar-refractivity contribution in [2.75, 3.05) is 0 Å². The highest BCUT2D eigenvalue weighted by Gasteiger charge is 2.15. The average Bonchev–Trinajstić information content (AvgIpc) is 2.59. The number of hydrogen-bond donors (Lipinski definition) is 1. The third-order valence-electron chi connectivity index (χ3n) is 2.35. The zero-order valence-corrected chi connectivity index (χ0v) is 9.40. The van der Waals surface area contributed by atoms with Crippen LogP contribution in [-0.2, 0) is 6.54 Å². The topological polar surface area (TPSA) is 67.6 Å². The number of aryl methyl sites for hydroxylation is 2. The predicted molar refractivity (Wildman–Crippen MR) is 59.0 cm³/mol. The lowest BCUT2D eigenvalue weighted by molar-refractivity contribution is 0.475. The Hall–Kier alpha value is -1.34. The van der Waals surface area contributed by atoms with Crippen molar-refractivity contribution in [3.8, 4) is 6.07 Å². The molecule has 82 valence electrons. The molecule has 0 saturated carbocycles. The molecule has 2 N–H and O–H groups in total. The number of nitrogens with two attached hydrogens (primary N) is 1. The normalized spacial score (nSPS) is 14.5. The molecule has 0 radical (unpaired) electrons. The van der Waals surface area contributed by atoms with E-state index in [0.29, 0.717) is 0 Å². The molecule has 1 aromatic rings. The number of nitrogens with zero attached hydrogens (tertiary/aromatic N) is 3. The molecular weight excluding hydrogens is 188 g/mol. The Morgan fingerprint density at radius 1 is 1.60 bits per heavy atom. The highest BCUT2D eigenvalue weighted by atomic mass is 15.3. The summed E-state index contributed by atoms with van der Waals surface area (Å²) in [5, 5.41) is 12.9. The van der Waals surface area contributed by atoms with E-state index < -0.39 is 5.54 Å². The van der Waals surface area contributed by atoms with Crippen LogP contribution >= 0.6 is 0 Å². The largest absolute Gasteiger partial charge is 0.314 e. The second-order valence-electron chi connectivity index (χ2n) is 4.27. The maximum absolute atomic E-state index is 8.72. The van der Waals surface area contributed by atoms with Gasteiger partial charge in [-0.05, 0) is 38.7 Å². The SMILES string of the molecule is Cc1cnn(CCCCC(C)(N)C#N)c1. The van der Waals surface area contributed by atoms with E-state index in [9.17, 15) is 0 Å². The van der Waals surface area contributed by atoms with E-state index in [-0.39, 0.29) is 0 Å². The molecule has 4 heteroatoms. The van der Waals surface area contributed by atoms with Gasteiger partial charge in [0.15, 0.2) is 0 Å². The van der Waals surface area contributed by atoms with Gasteiger partial charge in [-0.3, -0.25) is 4.68 Å². The van der Waals surface area contributed by atoms with E-state index in [1.54, 1.807) is 6.92 Å². The molecular formula is C11H18N4. The Balaban J connectivity index is 2.21. The van der Waals surface area contributed by atoms with Gasteiger partial charge in [-0.15, -0.1) is 0 Å². The molecule has 1 atom stereocenters. The van der Waals surface area contributed by atoms with Crippen LogP contribution in [0.5, 0.6) is 0 Å². The Bertz CT molecular complexity index is 346. The van der Waals surface area contributed by atoms with Crippen molar-refractivity contribution in [2.24, 2.45) is 5.73 Å². The van der Waals surface area contributed by atoms with Crippen LogP contribution in [0.4, 0.5) is 0 Å². The van der Waals surface area contributed by atoms with Crippen LogP contribution in [0.15, 0.2) is 12.4 Å². The third kappa shape index (κ3) is 4.13. The van der Waals surface area contributed by atoms with Gasteiger partial charge in [0.05, 0.1) is 12.3 Å². The fourth-order valence-electron chi connectivity index (χ4n) is 1.41. The van der Waals surface area contributed by atoms with Crippen molar-refractivity contribution in [3.63, 3.8) is 0 Å². The molecule has 0 spiro atoms. The second kappa shape index (κ2) is 4.94. The second-order valence-corrected chi connectivity index (χ2v) is 4.27. The monoisotopic (exact) mass is 206 g/mol. The van der Waals surface area contributed by atoms with Gasteiger partial charge in [0, 0.05) is 12.7 Å². The van der Waals surface area contributed by atoms with Crippen LogP contribution in [0.1, 0.15) is 31.7 Å². The van der Waals surface area contributed by atoms with Crippen molar-refractivity contribution < 1.29 is 0 Å². The molecule has 1 rings (SSSR count). The highest BCUT2D eigenvalue weighted by molar-refractivity contribution is 5.01. The number of unbranched alkanes of at least 4 members (excludes halogenated alkanes) is 1. The summed E-state index contributed by atoms with van der Waals surface area (Å²) in [6.45, 7) is 4.69. The van der Waals surface area contributed by atoms with Crippen molar-refractivity contribution in [3.05, 3.63) is 18.0 Å². The van der Waals surface area contributed by atoms with Crippen molar-refractivity contribution >= 4 is 0 Å². The summed E-state index contributed by atoms with van der Waals surface area (Å²) in [5.74, 6) is 0. The lowest BCUT2D eigenvalue weighted by Gasteiger charge is -2.14. The Labute approximate surface area is 90.7 Å². The predicted octanol–water partition coefficient (Wildman–Crippen LogP) is 1.60. The average molecular weight is 206 g/mol. The first-order valence-electron chi connectivity index (χ1n) is 5.23. The summed E-state index contributed by atoms with van der Waals surface area (Å²) in [5.41, 5.74) is 6.21. The van der Waals surface area contributed by atoms with Crippen LogP contribution in [0.3, 0.4) is 0 Å². The molecule has 15 heavy (non-hydrogen) atoms. The van der Waals surface area contributed by atoms with Crippen LogP contribution < -0.4 is 5.73 Å². The number of rotatable bonds is 5. The maximum Gasteiger partial charge on any atom is 0.101 e. The Kier molecular flexibility index (Phi) is 3.87. The van der Waals surface area contributed by atoms with Gasteiger partial charge in [0.1, 0.15) is 5.54 Å². The van der Waals surface area contributed by atoms with E-state index in [0.717, 1.165) is 25.8 Å². The number of nitriles is 1. The van der Waals surface area contributed by atoms with E-state index >= 15 is 0 Å². The number of hydrogen-bond acceptors (Lipinski definition) is 3. The lowest BCUT2D eigenvalue weighted by Crippen LogP contribution is -2.33. The molecule has 1 unspecified atom stereocenters. The van der Waals surface area contributed by atoms with Crippen molar-refractivity contribution in [1.82, 2.24) is 9.78 Å². The molecule has 0 aliphatic heterocycles. The first kappa shape index (κ1) is 11.7. The lowest BCUT2D eigenvalue weighted by atomic mass is 9.98. The van der Waals surface area contributed by atoms with E-state index in [1.165, 1.54) is 5.56 Å². The van der Waals surface area contributed by atoms with Gasteiger partial charge in [-0.25, -0.2) is 0 Å². The fourth-order valence-corrected chi connectivity index (χ4v) is 1.41.